The monoisotopic (exact) mass is 283 g/mol. The Morgan fingerprint density at radius 2 is 1.74 bits per heavy atom. The number of nitrogens with one attached hydrogen (secondary N) is 1. The van der Waals surface area contributed by atoms with Crippen molar-refractivity contribution in [2.24, 2.45) is 5.92 Å². The summed E-state index contributed by atoms with van der Waals surface area (Å²) in [6, 6.07) is 7.74. The number of rotatable bonds is 4. The average molecular weight is 283 g/mol. The van der Waals surface area contributed by atoms with Crippen LogP contribution in [-0.4, -0.2) is 14.3 Å². The van der Waals surface area contributed by atoms with Crippen molar-refractivity contribution in [2.45, 2.75) is 37.0 Å². The molecule has 0 aromatic heterocycles. The van der Waals surface area contributed by atoms with E-state index in [1.165, 1.54) is 12.1 Å². The van der Waals surface area contributed by atoms with E-state index in [1.807, 2.05) is 0 Å². The summed E-state index contributed by atoms with van der Waals surface area (Å²) in [5.41, 5.74) is 2.06. The molecular formula is C13H17NO4S. The predicted molar refractivity (Wildman–Crippen MR) is 69.4 cm³/mol. The molecule has 1 aliphatic carbocycles. The average Bonchev–Trinajstić information content (AvgIpc) is 2.47. The summed E-state index contributed by atoms with van der Waals surface area (Å²) < 4.78 is 28.2. The number of hydrogen-bond donors (Lipinski definition) is 1. The van der Waals surface area contributed by atoms with Gasteiger partial charge in [0.15, 0.2) is 0 Å². The van der Waals surface area contributed by atoms with Crippen molar-refractivity contribution in [1.29, 1.82) is 0 Å². The normalized spacial score (nSPS) is 17.1. The van der Waals surface area contributed by atoms with Gasteiger partial charge in [0.1, 0.15) is 0 Å². The Kier molecular flexibility index (Phi) is 4.55. The Hall–Kier alpha value is -1.40. The van der Waals surface area contributed by atoms with Gasteiger partial charge in [-0.05, 0) is 25.0 Å². The Morgan fingerprint density at radius 3 is 2.37 bits per heavy atom. The van der Waals surface area contributed by atoms with Crippen LogP contribution in [0.1, 0.15) is 32.1 Å². The van der Waals surface area contributed by atoms with Crippen LogP contribution in [0.2, 0.25) is 0 Å². The van der Waals surface area contributed by atoms with Gasteiger partial charge in [0.2, 0.25) is 5.91 Å². The molecule has 1 aliphatic rings. The lowest BCUT2D eigenvalue weighted by molar-refractivity contribution is -0.132. The van der Waals surface area contributed by atoms with E-state index in [-0.39, 0.29) is 16.7 Å². The second kappa shape index (κ2) is 6.16. The quantitative estimate of drug-likeness (QED) is 0.858. The second-order valence-electron chi connectivity index (χ2n) is 4.65. The first-order valence-electron chi connectivity index (χ1n) is 6.38. The lowest BCUT2D eigenvalue weighted by Crippen LogP contribution is -2.33. The topological polar surface area (TPSA) is 72.5 Å². The molecule has 0 saturated heterocycles. The third-order valence-corrected chi connectivity index (χ3v) is 4.41. The van der Waals surface area contributed by atoms with E-state index in [0.29, 0.717) is 0 Å². The molecular weight excluding hydrogens is 266 g/mol. The number of carbonyl (C=O) groups excluding carboxylic acids is 1. The zero-order valence-corrected chi connectivity index (χ0v) is 11.4. The molecule has 1 fully saturated rings. The van der Waals surface area contributed by atoms with Crippen LogP contribution in [0.5, 0.6) is 0 Å². The number of carbonyl (C=O) groups is 1. The van der Waals surface area contributed by atoms with Crippen molar-refractivity contribution in [3.05, 3.63) is 30.3 Å². The smallest absolute Gasteiger partial charge is 0.272 e. The maximum atomic E-state index is 11.8. The van der Waals surface area contributed by atoms with Gasteiger partial charge in [-0.2, -0.15) is 8.42 Å². The minimum atomic E-state index is -3.93. The van der Waals surface area contributed by atoms with Gasteiger partial charge in [-0.3, -0.25) is 4.79 Å². The van der Waals surface area contributed by atoms with Crippen LogP contribution in [0, 0.1) is 5.92 Å². The molecule has 0 aliphatic heterocycles. The van der Waals surface area contributed by atoms with Gasteiger partial charge < -0.3 is 0 Å². The van der Waals surface area contributed by atoms with E-state index in [9.17, 15) is 13.2 Å². The van der Waals surface area contributed by atoms with Crippen LogP contribution in [-0.2, 0) is 19.2 Å². The molecule has 1 amide bonds. The number of hydrogen-bond acceptors (Lipinski definition) is 4. The predicted octanol–water partition coefficient (Wildman–Crippen LogP) is 2.00. The Labute approximate surface area is 113 Å². The number of benzene rings is 1. The summed E-state index contributed by atoms with van der Waals surface area (Å²) in [7, 11) is -3.93. The van der Waals surface area contributed by atoms with E-state index in [0.717, 1.165) is 32.1 Å². The van der Waals surface area contributed by atoms with Crippen molar-refractivity contribution in [1.82, 2.24) is 5.48 Å². The zero-order valence-electron chi connectivity index (χ0n) is 10.5. The standard InChI is InChI=1S/C13H17NO4S/c15-13(11-7-3-1-4-8-11)14-18-19(16,17)12-9-5-2-6-10-12/h2,5-6,9-11H,1,3-4,7-8H2,(H,14,15). The summed E-state index contributed by atoms with van der Waals surface area (Å²) in [6.07, 6.45) is 4.72. The van der Waals surface area contributed by atoms with E-state index in [1.54, 1.807) is 18.2 Å². The van der Waals surface area contributed by atoms with Gasteiger partial charge >= 0.3 is 10.1 Å². The minimum absolute atomic E-state index is 0.0268. The highest BCUT2D eigenvalue weighted by molar-refractivity contribution is 7.86. The maximum absolute atomic E-state index is 11.8. The zero-order chi connectivity index (χ0) is 13.7. The Bertz CT molecular complexity index is 521. The molecule has 6 heteroatoms. The number of amides is 1. The molecule has 0 unspecified atom stereocenters. The molecule has 0 bridgehead atoms. The van der Waals surface area contributed by atoms with Crippen LogP contribution in [0.15, 0.2) is 35.2 Å². The van der Waals surface area contributed by atoms with Gasteiger partial charge in [0.25, 0.3) is 0 Å². The maximum Gasteiger partial charge on any atom is 0.317 e. The fraction of sp³-hybridized carbons (Fsp3) is 0.462. The molecule has 1 N–H and O–H groups in total. The highest BCUT2D eigenvalue weighted by atomic mass is 32.2. The molecule has 2 rings (SSSR count). The van der Waals surface area contributed by atoms with Crippen molar-refractivity contribution < 1.29 is 17.5 Å². The molecule has 19 heavy (non-hydrogen) atoms. The fourth-order valence-corrected chi connectivity index (χ4v) is 2.96. The van der Waals surface area contributed by atoms with Crippen LogP contribution < -0.4 is 5.48 Å². The summed E-state index contributed by atoms with van der Waals surface area (Å²) in [5.74, 6) is -0.487. The Balaban J connectivity index is 1.93. The molecule has 104 valence electrons. The van der Waals surface area contributed by atoms with Crippen LogP contribution >= 0.6 is 0 Å². The summed E-state index contributed by atoms with van der Waals surface area (Å²) in [4.78, 5) is 11.8. The highest BCUT2D eigenvalue weighted by Crippen LogP contribution is 2.23. The van der Waals surface area contributed by atoms with Gasteiger partial charge in [-0.1, -0.05) is 37.5 Å². The van der Waals surface area contributed by atoms with Gasteiger partial charge in [-0.15, -0.1) is 4.28 Å². The first-order chi connectivity index (χ1) is 9.09. The second-order valence-corrected chi connectivity index (χ2v) is 6.20. The van der Waals surface area contributed by atoms with Crippen LogP contribution in [0.25, 0.3) is 0 Å². The fourth-order valence-electron chi connectivity index (χ4n) is 2.18. The molecule has 0 atom stereocenters. The first kappa shape index (κ1) is 14.0. The largest absolute Gasteiger partial charge is 0.317 e. The van der Waals surface area contributed by atoms with E-state index >= 15 is 0 Å². The van der Waals surface area contributed by atoms with E-state index < -0.39 is 10.1 Å². The molecule has 1 aromatic rings. The van der Waals surface area contributed by atoms with Crippen molar-refractivity contribution in [2.75, 3.05) is 0 Å². The molecule has 5 nitrogen and oxygen atoms in total. The third kappa shape index (κ3) is 3.78. The summed E-state index contributed by atoms with van der Waals surface area (Å²) in [5, 5.41) is 0. The molecule has 1 saturated carbocycles. The van der Waals surface area contributed by atoms with Gasteiger partial charge in [0.05, 0.1) is 4.90 Å². The van der Waals surface area contributed by atoms with E-state index in [4.69, 9.17) is 0 Å². The lowest BCUT2D eigenvalue weighted by Gasteiger charge is -2.20. The van der Waals surface area contributed by atoms with Crippen LogP contribution in [0.3, 0.4) is 0 Å². The first-order valence-corrected chi connectivity index (χ1v) is 7.79. The number of hydroxylamine groups is 1. The minimum Gasteiger partial charge on any atom is -0.272 e. The van der Waals surface area contributed by atoms with Crippen LogP contribution in [0.4, 0.5) is 0 Å². The van der Waals surface area contributed by atoms with Crippen molar-refractivity contribution >= 4 is 16.0 Å². The van der Waals surface area contributed by atoms with Gasteiger partial charge in [0, 0.05) is 5.92 Å². The molecule has 0 spiro atoms. The lowest BCUT2D eigenvalue weighted by atomic mass is 9.89. The third-order valence-electron chi connectivity index (χ3n) is 3.26. The Morgan fingerprint density at radius 1 is 1.11 bits per heavy atom. The summed E-state index contributed by atoms with van der Waals surface area (Å²) in [6.45, 7) is 0. The van der Waals surface area contributed by atoms with Gasteiger partial charge in [-0.25, -0.2) is 5.48 Å². The molecule has 0 heterocycles. The van der Waals surface area contributed by atoms with Crippen molar-refractivity contribution in [3.63, 3.8) is 0 Å². The van der Waals surface area contributed by atoms with E-state index in [2.05, 4.69) is 9.76 Å². The molecule has 1 aromatic carbocycles. The highest BCUT2D eigenvalue weighted by Gasteiger charge is 2.23. The SMILES string of the molecule is O=C(NOS(=O)(=O)c1ccccc1)C1CCCCC1. The summed E-state index contributed by atoms with van der Waals surface area (Å²) >= 11 is 0. The van der Waals surface area contributed by atoms with Crippen molar-refractivity contribution in [3.8, 4) is 0 Å². The molecule has 0 radical (unpaired) electrons.